The van der Waals surface area contributed by atoms with Crippen molar-refractivity contribution in [1.29, 1.82) is 0 Å². The lowest BCUT2D eigenvalue weighted by atomic mass is 9.93. The summed E-state index contributed by atoms with van der Waals surface area (Å²) >= 11 is 0. The molecule has 0 aromatic rings. The monoisotopic (exact) mass is 248 g/mol. The maximum Gasteiger partial charge on any atom is 0.223 e. The Morgan fingerprint density at radius 3 is 2.50 bits per heavy atom. The van der Waals surface area contributed by atoms with Gasteiger partial charge in [-0.05, 0) is 30.7 Å². The van der Waals surface area contributed by atoms with Crippen LogP contribution in [0.25, 0.3) is 0 Å². The van der Waals surface area contributed by atoms with E-state index in [0.29, 0.717) is 12.5 Å². The van der Waals surface area contributed by atoms with Crippen molar-refractivity contribution >= 4 is 18.3 Å². The van der Waals surface area contributed by atoms with Gasteiger partial charge in [-0.2, -0.15) is 0 Å². The molecule has 1 aliphatic carbocycles. The zero-order valence-electron chi connectivity index (χ0n) is 10.6. The molecule has 0 aliphatic heterocycles. The molecule has 1 saturated carbocycles. The van der Waals surface area contributed by atoms with Gasteiger partial charge in [-0.1, -0.05) is 27.2 Å². The van der Waals surface area contributed by atoms with Crippen molar-refractivity contribution < 1.29 is 4.79 Å². The summed E-state index contributed by atoms with van der Waals surface area (Å²) in [4.78, 5) is 11.9. The highest BCUT2D eigenvalue weighted by Gasteiger charge is 2.32. The minimum Gasteiger partial charge on any atom is -0.355 e. The molecule has 0 radical (unpaired) electrons. The average molecular weight is 249 g/mol. The predicted molar refractivity (Wildman–Crippen MR) is 69.6 cm³/mol. The van der Waals surface area contributed by atoms with Crippen LogP contribution in [0.15, 0.2) is 0 Å². The topological polar surface area (TPSA) is 55.1 Å². The molecule has 0 aromatic carbocycles. The van der Waals surface area contributed by atoms with Gasteiger partial charge in [0.25, 0.3) is 0 Å². The van der Waals surface area contributed by atoms with E-state index in [1.165, 1.54) is 0 Å². The lowest BCUT2D eigenvalue weighted by molar-refractivity contribution is -0.126. The fraction of sp³-hybridized carbons (Fsp3) is 0.917. The van der Waals surface area contributed by atoms with Gasteiger partial charge in [-0.25, -0.2) is 0 Å². The van der Waals surface area contributed by atoms with Gasteiger partial charge < -0.3 is 11.1 Å². The summed E-state index contributed by atoms with van der Waals surface area (Å²) in [5.74, 6) is 0.778. The summed E-state index contributed by atoms with van der Waals surface area (Å²) in [6, 6.07) is 0. The molecular formula is C12H25ClN2O. The number of halogens is 1. The van der Waals surface area contributed by atoms with E-state index in [9.17, 15) is 4.79 Å². The lowest BCUT2D eigenvalue weighted by Gasteiger charge is -2.22. The van der Waals surface area contributed by atoms with Crippen LogP contribution in [0.5, 0.6) is 0 Å². The van der Waals surface area contributed by atoms with Crippen LogP contribution in [-0.2, 0) is 4.79 Å². The van der Waals surface area contributed by atoms with Crippen LogP contribution in [0.3, 0.4) is 0 Å². The summed E-state index contributed by atoms with van der Waals surface area (Å²) in [5, 5.41) is 3.03. The first-order valence-corrected chi connectivity index (χ1v) is 5.92. The van der Waals surface area contributed by atoms with Crippen molar-refractivity contribution in [3.05, 3.63) is 0 Å². The van der Waals surface area contributed by atoms with Gasteiger partial charge in [0.1, 0.15) is 0 Å². The molecule has 2 atom stereocenters. The summed E-state index contributed by atoms with van der Waals surface area (Å²) in [5.41, 5.74) is 5.82. The SMILES string of the molecule is CC(C)(C)CNC(=O)[C@@H]1CCC[C@@H]1CN.Cl. The third-order valence-electron chi connectivity index (χ3n) is 3.09. The number of carbonyl (C=O) groups excluding carboxylic acids is 1. The Bertz CT molecular complexity index is 226. The normalized spacial score (nSPS) is 25.0. The molecule has 1 rings (SSSR count). The van der Waals surface area contributed by atoms with Crippen LogP contribution in [0, 0.1) is 17.3 Å². The van der Waals surface area contributed by atoms with Gasteiger partial charge in [0, 0.05) is 12.5 Å². The quantitative estimate of drug-likeness (QED) is 0.802. The number of hydrogen-bond acceptors (Lipinski definition) is 2. The predicted octanol–water partition coefficient (Wildman–Crippen LogP) is 1.95. The van der Waals surface area contributed by atoms with Crippen molar-refractivity contribution in [1.82, 2.24) is 5.32 Å². The van der Waals surface area contributed by atoms with Gasteiger partial charge in [-0.3, -0.25) is 4.79 Å². The molecule has 96 valence electrons. The molecule has 3 N–H and O–H groups in total. The minimum absolute atomic E-state index is 0. The Morgan fingerprint density at radius 2 is 2.00 bits per heavy atom. The van der Waals surface area contributed by atoms with Gasteiger partial charge in [0.05, 0.1) is 0 Å². The summed E-state index contributed by atoms with van der Waals surface area (Å²) in [6.07, 6.45) is 3.28. The molecule has 0 heterocycles. The summed E-state index contributed by atoms with van der Waals surface area (Å²) < 4.78 is 0. The zero-order valence-corrected chi connectivity index (χ0v) is 11.4. The van der Waals surface area contributed by atoms with E-state index < -0.39 is 0 Å². The van der Waals surface area contributed by atoms with Crippen molar-refractivity contribution in [2.75, 3.05) is 13.1 Å². The first-order valence-electron chi connectivity index (χ1n) is 5.92. The number of amides is 1. The molecule has 16 heavy (non-hydrogen) atoms. The second-order valence-electron chi connectivity index (χ2n) is 5.81. The Kier molecular flexibility index (Phi) is 6.34. The number of carbonyl (C=O) groups is 1. The third kappa shape index (κ3) is 4.71. The van der Waals surface area contributed by atoms with Crippen LogP contribution >= 0.6 is 12.4 Å². The van der Waals surface area contributed by atoms with Crippen molar-refractivity contribution in [3.63, 3.8) is 0 Å². The lowest BCUT2D eigenvalue weighted by Crippen LogP contribution is -2.39. The molecule has 0 aromatic heterocycles. The Labute approximate surface area is 105 Å². The molecule has 0 spiro atoms. The van der Waals surface area contributed by atoms with Gasteiger partial charge in [-0.15, -0.1) is 12.4 Å². The molecule has 3 nitrogen and oxygen atoms in total. The van der Waals surface area contributed by atoms with Crippen LogP contribution in [-0.4, -0.2) is 19.0 Å². The molecule has 4 heteroatoms. The van der Waals surface area contributed by atoms with E-state index in [-0.39, 0.29) is 29.6 Å². The second-order valence-corrected chi connectivity index (χ2v) is 5.81. The van der Waals surface area contributed by atoms with Crippen LogP contribution in [0.1, 0.15) is 40.0 Å². The Morgan fingerprint density at radius 1 is 1.38 bits per heavy atom. The first-order chi connectivity index (χ1) is 6.94. The first kappa shape index (κ1) is 15.7. The highest BCUT2D eigenvalue weighted by atomic mass is 35.5. The standard InChI is InChI=1S/C12H24N2O.ClH/c1-12(2,3)8-14-11(15)10-6-4-5-9(10)7-13;/h9-10H,4-8,13H2,1-3H3,(H,14,15);1H/t9-,10-;/m1./s1. The van der Waals surface area contributed by atoms with Crippen molar-refractivity contribution in [2.24, 2.45) is 23.0 Å². The number of hydrogen-bond donors (Lipinski definition) is 2. The smallest absolute Gasteiger partial charge is 0.223 e. The fourth-order valence-electron chi connectivity index (χ4n) is 2.15. The summed E-state index contributed by atoms with van der Waals surface area (Å²) in [6.45, 7) is 7.78. The molecular weight excluding hydrogens is 224 g/mol. The molecule has 1 amide bonds. The largest absolute Gasteiger partial charge is 0.355 e. The maximum absolute atomic E-state index is 11.9. The second kappa shape index (κ2) is 6.45. The van der Waals surface area contributed by atoms with E-state index in [2.05, 4.69) is 26.1 Å². The van der Waals surface area contributed by atoms with Gasteiger partial charge in [0.2, 0.25) is 5.91 Å². The van der Waals surface area contributed by atoms with E-state index in [4.69, 9.17) is 5.73 Å². The third-order valence-corrected chi connectivity index (χ3v) is 3.09. The molecule has 0 bridgehead atoms. The number of rotatable bonds is 3. The van der Waals surface area contributed by atoms with E-state index >= 15 is 0 Å². The Balaban J connectivity index is 0.00000225. The van der Waals surface area contributed by atoms with Crippen molar-refractivity contribution in [2.45, 2.75) is 40.0 Å². The van der Waals surface area contributed by atoms with E-state index in [1.807, 2.05) is 0 Å². The van der Waals surface area contributed by atoms with Crippen molar-refractivity contribution in [3.8, 4) is 0 Å². The number of nitrogens with one attached hydrogen (secondary N) is 1. The molecule has 1 aliphatic rings. The van der Waals surface area contributed by atoms with E-state index in [0.717, 1.165) is 25.8 Å². The fourth-order valence-corrected chi connectivity index (χ4v) is 2.15. The molecule has 0 saturated heterocycles. The minimum atomic E-state index is 0. The van der Waals surface area contributed by atoms with Crippen LogP contribution < -0.4 is 11.1 Å². The van der Waals surface area contributed by atoms with Gasteiger partial charge >= 0.3 is 0 Å². The zero-order chi connectivity index (χ0) is 11.5. The highest BCUT2D eigenvalue weighted by Crippen LogP contribution is 2.31. The van der Waals surface area contributed by atoms with E-state index in [1.54, 1.807) is 0 Å². The maximum atomic E-state index is 11.9. The Hall–Kier alpha value is -0.280. The molecule has 0 unspecified atom stereocenters. The van der Waals surface area contributed by atoms with Gasteiger partial charge in [0.15, 0.2) is 0 Å². The number of nitrogens with two attached hydrogens (primary N) is 1. The van der Waals surface area contributed by atoms with Crippen LogP contribution in [0.2, 0.25) is 0 Å². The van der Waals surface area contributed by atoms with Crippen LogP contribution in [0.4, 0.5) is 0 Å². The average Bonchev–Trinajstić information content (AvgIpc) is 2.60. The summed E-state index contributed by atoms with van der Waals surface area (Å²) in [7, 11) is 0. The molecule has 1 fully saturated rings. The highest BCUT2D eigenvalue weighted by molar-refractivity contribution is 5.85.